The van der Waals surface area contributed by atoms with Crippen molar-refractivity contribution in [2.24, 2.45) is 0 Å². The fourth-order valence-electron chi connectivity index (χ4n) is 1.91. The maximum absolute atomic E-state index is 13.4. The molecule has 0 radical (unpaired) electrons. The number of halogens is 4. The molecule has 2 aromatic rings. The van der Waals surface area contributed by atoms with E-state index in [0.717, 1.165) is 12.1 Å². The molecule has 2 amide bonds. The first kappa shape index (κ1) is 17.5. The van der Waals surface area contributed by atoms with Crippen LogP contribution in [-0.4, -0.2) is 18.4 Å². The molecule has 0 saturated heterocycles. The summed E-state index contributed by atoms with van der Waals surface area (Å²) in [5.41, 5.74) is -0.0159. The summed E-state index contributed by atoms with van der Waals surface area (Å²) in [6, 6.07) is 5.11. The maximum Gasteiger partial charge on any atom is 0.252 e. The molecule has 0 atom stereocenters. The van der Waals surface area contributed by atoms with Crippen molar-refractivity contribution in [1.82, 2.24) is 5.32 Å². The Balaban J connectivity index is 2.00. The Kier molecular flexibility index (Phi) is 5.18. The number of hydrogen-bond acceptors (Lipinski definition) is 2. The summed E-state index contributed by atoms with van der Waals surface area (Å²) in [4.78, 5) is 23.6. The van der Waals surface area contributed by atoms with Crippen LogP contribution in [0.3, 0.4) is 0 Å². The van der Waals surface area contributed by atoms with Crippen LogP contribution < -0.4 is 10.6 Å². The van der Waals surface area contributed by atoms with Gasteiger partial charge in [-0.05, 0) is 36.8 Å². The molecule has 8 heteroatoms. The van der Waals surface area contributed by atoms with Gasteiger partial charge in [0.05, 0.1) is 12.2 Å². The van der Waals surface area contributed by atoms with E-state index in [-0.39, 0.29) is 5.56 Å². The predicted molar refractivity (Wildman–Crippen MR) is 78.4 cm³/mol. The minimum Gasteiger partial charge on any atom is -0.343 e. The van der Waals surface area contributed by atoms with Crippen molar-refractivity contribution in [3.05, 3.63) is 64.7 Å². The van der Waals surface area contributed by atoms with E-state index in [1.165, 1.54) is 12.1 Å². The first-order chi connectivity index (χ1) is 11.3. The summed E-state index contributed by atoms with van der Waals surface area (Å²) in [5, 5.41) is 4.23. The number of aryl methyl sites for hydroxylation is 1. The summed E-state index contributed by atoms with van der Waals surface area (Å²) in [5.74, 6) is -6.82. The molecule has 4 nitrogen and oxygen atoms in total. The van der Waals surface area contributed by atoms with E-state index in [2.05, 4.69) is 5.32 Å². The van der Waals surface area contributed by atoms with Gasteiger partial charge in [-0.3, -0.25) is 9.59 Å². The topological polar surface area (TPSA) is 58.2 Å². The van der Waals surface area contributed by atoms with Crippen LogP contribution in [0.2, 0.25) is 0 Å². The van der Waals surface area contributed by atoms with Crippen LogP contribution in [0, 0.1) is 30.2 Å². The first-order valence-corrected chi connectivity index (χ1v) is 6.77. The highest BCUT2D eigenvalue weighted by molar-refractivity contribution is 6.00. The fourth-order valence-corrected chi connectivity index (χ4v) is 1.91. The normalized spacial score (nSPS) is 10.4. The molecule has 24 heavy (non-hydrogen) atoms. The number of hydrogen-bond donors (Lipinski definition) is 2. The summed E-state index contributed by atoms with van der Waals surface area (Å²) < 4.78 is 52.4. The Morgan fingerprint density at radius 3 is 2.42 bits per heavy atom. The largest absolute Gasteiger partial charge is 0.343 e. The molecule has 0 fully saturated rings. The number of carbonyl (C=O) groups is 2. The van der Waals surface area contributed by atoms with Gasteiger partial charge < -0.3 is 10.6 Å². The van der Waals surface area contributed by atoms with Gasteiger partial charge in [-0.25, -0.2) is 17.6 Å². The van der Waals surface area contributed by atoms with Crippen LogP contribution in [0.1, 0.15) is 15.9 Å². The molecule has 0 aliphatic carbocycles. The third kappa shape index (κ3) is 3.89. The van der Waals surface area contributed by atoms with Gasteiger partial charge >= 0.3 is 0 Å². The molecule has 0 unspecified atom stereocenters. The Bertz CT molecular complexity index is 809. The standard InChI is InChI=1S/C16H12F4N2O2/c1-8-2-3-9(17)6-10(8)16(24)21-7-13(23)22-12-5-4-11(18)14(19)15(12)20/h2-6H,7H2,1H3,(H,21,24)(H,22,23). The SMILES string of the molecule is Cc1ccc(F)cc1C(=O)NCC(=O)Nc1ccc(F)c(F)c1F. The van der Waals surface area contributed by atoms with Crippen LogP contribution in [0.25, 0.3) is 0 Å². The Labute approximate surface area is 134 Å². The highest BCUT2D eigenvalue weighted by Crippen LogP contribution is 2.19. The summed E-state index contributed by atoms with van der Waals surface area (Å²) >= 11 is 0. The number of anilines is 1. The molecule has 0 saturated carbocycles. The van der Waals surface area contributed by atoms with Crippen molar-refractivity contribution < 1.29 is 27.2 Å². The molecule has 0 heterocycles. The lowest BCUT2D eigenvalue weighted by atomic mass is 10.1. The summed E-state index contributed by atoms with van der Waals surface area (Å²) in [7, 11) is 0. The minimum absolute atomic E-state index is 0.0433. The highest BCUT2D eigenvalue weighted by Gasteiger charge is 2.16. The van der Waals surface area contributed by atoms with E-state index in [4.69, 9.17) is 0 Å². The Morgan fingerprint density at radius 1 is 1.00 bits per heavy atom. The highest BCUT2D eigenvalue weighted by atomic mass is 19.2. The molecule has 2 aromatic carbocycles. The van der Waals surface area contributed by atoms with Crippen molar-refractivity contribution in [2.45, 2.75) is 6.92 Å². The smallest absolute Gasteiger partial charge is 0.252 e. The van der Waals surface area contributed by atoms with E-state index in [1.54, 1.807) is 6.92 Å². The minimum atomic E-state index is -1.72. The van der Waals surface area contributed by atoms with Crippen molar-refractivity contribution >= 4 is 17.5 Å². The van der Waals surface area contributed by atoms with Gasteiger partial charge in [-0.15, -0.1) is 0 Å². The van der Waals surface area contributed by atoms with Crippen molar-refractivity contribution in [3.8, 4) is 0 Å². The Hall–Kier alpha value is -2.90. The lowest BCUT2D eigenvalue weighted by Gasteiger charge is -2.09. The second-order valence-electron chi connectivity index (χ2n) is 4.91. The molecule has 126 valence electrons. The number of benzene rings is 2. The van der Waals surface area contributed by atoms with Gasteiger partial charge in [0.2, 0.25) is 5.91 Å². The lowest BCUT2D eigenvalue weighted by Crippen LogP contribution is -2.33. The van der Waals surface area contributed by atoms with Crippen molar-refractivity contribution in [1.29, 1.82) is 0 Å². The van der Waals surface area contributed by atoms with E-state index in [0.29, 0.717) is 11.6 Å². The number of rotatable bonds is 4. The maximum atomic E-state index is 13.4. The quantitative estimate of drug-likeness (QED) is 0.664. The molecular weight excluding hydrogens is 328 g/mol. The second-order valence-corrected chi connectivity index (χ2v) is 4.91. The van der Waals surface area contributed by atoms with Gasteiger partial charge in [-0.2, -0.15) is 0 Å². The van der Waals surface area contributed by atoms with E-state index in [1.807, 2.05) is 5.32 Å². The molecule has 0 aliphatic rings. The van der Waals surface area contributed by atoms with Crippen molar-refractivity contribution in [2.75, 3.05) is 11.9 Å². The fraction of sp³-hybridized carbons (Fsp3) is 0.125. The van der Waals surface area contributed by atoms with E-state index in [9.17, 15) is 27.2 Å². The molecule has 0 aliphatic heterocycles. The third-order valence-electron chi connectivity index (χ3n) is 3.16. The van der Waals surface area contributed by atoms with Gasteiger partial charge in [0.15, 0.2) is 17.5 Å². The average molecular weight is 340 g/mol. The average Bonchev–Trinajstić information content (AvgIpc) is 2.55. The van der Waals surface area contributed by atoms with Gasteiger partial charge in [0, 0.05) is 5.56 Å². The second kappa shape index (κ2) is 7.12. The van der Waals surface area contributed by atoms with Gasteiger partial charge in [-0.1, -0.05) is 6.07 Å². The zero-order chi connectivity index (χ0) is 17.9. The monoisotopic (exact) mass is 340 g/mol. The lowest BCUT2D eigenvalue weighted by molar-refractivity contribution is -0.115. The molecule has 2 rings (SSSR count). The molecule has 0 spiro atoms. The number of amides is 2. The van der Waals surface area contributed by atoms with E-state index >= 15 is 0 Å². The van der Waals surface area contributed by atoms with Crippen LogP contribution in [0.5, 0.6) is 0 Å². The molecule has 2 N–H and O–H groups in total. The van der Waals surface area contributed by atoms with Crippen LogP contribution >= 0.6 is 0 Å². The van der Waals surface area contributed by atoms with Crippen LogP contribution in [-0.2, 0) is 4.79 Å². The third-order valence-corrected chi connectivity index (χ3v) is 3.16. The number of carbonyl (C=O) groups excluding carboxylic acids is 2. The van der Waals surface area contributed by atoms with Crippen LogP contribution in [0.15, 0.2) is 30.3 Å². The molecule has 0 bridgehead atoms. The molecular formula is C16H12F4N2O2. The summed E-state index contributed by atoms with van der Waals surface area (Å²) in [6.07, 6.45) is 0. The van der Waals surface area contributed by atoms with Gasteiger partial charge in [0.1, 0.15) is 5.82 Å². The van der Waals surface area contributed by atoms with Crippen LogP contribution in [0.4, 0.5) is 23.2 Å². The number of nitrogens with one attached hydrogen (secondary N) is 2. The first-order valence-electron chi connectivity index (χ1n) is 6.77. The zero-order valence-electron chi connectivity index (χ0n) is 12.4. The van der Waals surface area contributed by atoms with Gasteiger partial charge in [0.25, 0.3) is 5.91 Å². The Morgan fingerprint density at radius 2 is 1.71 bits per heavy atom. The van der Waals surface area contributed by atoms with E-state index < -0.39 is 47.3 Å². The summed E-state index contributed by atoms with van der Waals surface area (Å²) in [6.45, 7) is 1.03. The predicted octanol–water partition coefficient (Wildman–Crippen LogP) is 2.92. The van der Waals surface area contributed by atoms with Crippen molar-refractivity contribution in [3.63, 3.8) is 0 Å². The zero-order valence-corrected chi connectivity index (χ0v) is 12.4. The molecule has 0 aromatic heterocycles.